The van der Waals surface area contributed by atoms with Crippen LogP contribution < -0.4 is 15.2 Å². The number of nitrogens with two attached hydrogens (primary N) is 1. The lowest BCUT2D eigenvalue weighted by atomic mass is 9.98. The van der Waals surface area contributed by atoms with E-state index in [0.717, 1.165) is 11.1 Å². The van der Waals surface area contributed by atoms with E-state index in [9.17, 15) is 14.9 Å². The van der Waals surface area contributed by atoms with Crippen LogP contribution >= 0.6 is 0 Å². The predicted octanol–water partition coefficient (Wildman–Crippen LogP) is 3.19. The topological polar surface area (TPSA) is 115 Å². The van der Waals surface area contributed by atoms with Gasteiger partial charge in [-0.05, 0) is 41.5 Å². The highest BCUT2D eigenvalue weighted by molar-refractivity contribution is 6.02. The molecule has 3 aromatic rings. The number of hydrogen-bond acceptors (Lipinski definition) is 6. The number of primary amides is 1. The minimum atomic E-state index is -0.543. The molecule has 0 saturated heterocycles. The number of nitrogens with zero attached hydrogens (tertiary/aromatic N) is 2. The van der Waals surface area contributed by atoms with Crippen LogP contribution in [0.1, 0.15) is 49.9 Å². The Kier molecular flexibility index (Phi) is 5.14. The number of carbonyl (C=O) groups excluding carboxylic acids is 2. The van der Waals surface area contributed by atoms with Crippen molar-refractivity contribution in [2.24, 2.45) is 5.73 Å². The maximum atomic E-state index is 12.2. The van der Waals surface area contributed by atoms with Gasteiger partial charge < -0.3 is 15.2 Å². The second-order valence-corrected chi connectivity index (χ2v) is 6.74. The van der Waals surface area contributed by atoms with Gasteiger partial charge in [-0.2, -0.15) is 5.26 Å². The molecule has 1 aliphatic heterocycles. The van der Waals surface area contributed by atoms with Crippen LogP contribution in [0.2, 0.25) is 0 Å². The molecule has 0 bridgehead atoms. The predicted molar refractivity (Wildman–Crippen MR) is 107 cm³/mol. The van der Waals surface area contributed by atoms with Crippen LogP contribution in [-0.2, 0) is 0 Å². The van der Waals surface area contributed by atoms with Crippen molar-refractivity contribution in [2.75, 3.05) is 6.61 Å². The SMILES string of the molecule is N#Cc1cc(OC(c2ccncc2)c2ccc(C(N)=O)cc2)cc2c1C(=O)CCO2. The largest absolute Gasteiger partial charge is 0.492 e. The van der Waals surface area contributed by atoms with Crippen molar-refractivity contribution in [1.29, 1.82) is 5.26 Å². The van der Waals surface area contributed by atoms with Gasteiger partial charge in [0.2, 0.25) is 5.91 Å². The van der Waals surface area contributed by atoms with Crippen LogP contribution in [0.15, 0.2) is 60.9 Å². The number of ether oxygens (including phenoxy) is 2. The lowest BCUT2D eigenvalue weighted by Gasteiger charge is -2.23. The first-order valence-electron chi connectivity index (χ1n) is 9.27. The van der Waals surface area contributed by atoms with Crippen LogP contribution in [0.3, 0.4) is 0 Å². The summed E-state index contributed by atoms with van der Waals surface area (Å²) in [6, 6.07) is 15.6. The number of rotatable bonds is 5. The summed E-state index contributed by atoms with van der Waals surface area (Å²) in [5, 5.41) is 9.52. The number of fused-ring (bicyclic) bond motifs is 1. The summed E-state index contributed by atoms with van der Waals surface area (Å²) in [5.74, 6) is 0.101. The number of pyridine rings is 1. The third-order valence-electron chi connectivity index (χ3n) is 4.82. The Morgan fingerprint density at radius 3 is 2.50 bits per heavy atom. The molecule has 2 aromatic carbocycles. The lowest BCUT2D eigenvalue weighted by Crippen LogP contribution is -2.17. The fourth-order valence-electron chi connectivity index (χ4n) is 3.35. The third-order valence-corrected chi connectivity index (χ3v) is 4.82. The molecule has 4 rings (SSSR count). The average molecular weight is 399 g/mol. The number of hydrogen-bond donors (Lipinski definition) is 1. The maximum absolute atomic E-state index is 12.2. The van der Waals surface area contributed by atoms with Gasteiger partial charge in [0.15, 0.2) is 5.78 Å². The van der Waals surface area contributed by atoms with E-state index in [-0.39, 0.29) is 24.4 Å². The zero-order chi connectivity index (χ0) is 21.1. The summed E-state index contributed by atoms with van der Waals surface area (Å²) in [6.45, 7) is 0.266. The van der Waals surface area contributed by atoms with Gasteiger partial charge in [-0.3, -0.25) is 14.6 Å². The molecule has 1 aromatic heterocycles. The van der Waals surface area contributed by atoms with Crippen molar-refractivity contribution < 1.29 is 19.1 Å². The number of carbonyl (C=O) groups is 2. The summed E-state index contributed by atoms with van der Waals surface area (Å²) >= 11 is 0. The molecule has 0 aliphatic carbocycles. The zero-order valence-corrected chi connectivity index (χ0v) is 15.9. The first kappa shape index (κ1) is 19.2. The Bertz CT molecular complexity index is 1150. The molecule has 0 radical (unpaired) electrons. The van der Waals surface area contributed by atoms with E-state index in [4.69, 9.17) is 15.2 Å². The van der Waals surface area contributed by atoms with Gasteiger partial charge in [0.25, 0.3) is 0 Å². The van der Waals surface area contributed by atoms with E-state index in [1.165, 1.54) is 6.07 Å². The highest BCUT2D eigenvalue weighted by Crippen LogP contribution is 2.36. The molecule has 0 fully saturated rings. The number of ketones is 1. The summed E-state index contributed by atoms with van der Waals surface area (Å²) in [5.41, 5.74) is 7.83. The molecule has 7 heteroatoms. The second kappa shape index (κ2) is 8.05. The number of benzene rings is 2. The van der Waals surface area contributed by atoms with Crippen molar-refractivity contribution in [2.45, 2.75) is 12.5 Å². The van der Waals surface area contributed by atoms with Crippen molar-refractivity contribution in [3.05, 3.63) is 88.7 Å². The molecule has 30 heavy (non-hydrogen) atoms. The molecule has 1 aliphatic rings. The van der Waals surface area contributed by atoms with E-state index in [1.807, 2.05) is 12.1 Å². The van der Waals surface area contributed by atoms with Crippen LogP contribution in [0.4, 0.5) is 0 Å². The Balaban J connectivity index is 1.75. The van der Waals surface area contributed by atoms with E-state index in [1.54, 1.807) is 42.7 Å². The molecule has 7 nitrogen and oxygen atoms in total. The molecular weight excluding hydrogens is 382 g/mol. The average Bonchev–Trinajstić information content (AvgIpc) is 2.77. The molecule has 1 unspecified atom stereocenters. The normalized spacial score (nSPS) is 13.5. The molecule has 2 heterocycles. The highest BCUT2D eigenvalue weighted by Gasteiger charge is 2.25. The van der Waals surface area contributed by atoms with E-state index >= 15 is 0 Å². The summed E-state index contributed by atoms with van der Waals surface area (Å²) < 4.78 is 11.8. The lowest BCUT2D eigenvalue weighted by molar-refractivity contribution is 0.0931. The zero-order valence-electron chi connectivity index (χ0n) is 15.9. The van der Waals surface area contributed by atoms with E-state index < -0.39 is 12.0 Å². The van der Waals surface area contributed by atoms with Gasteiger partial charge in [0, 0.05) is 30.4 Å². The van der Waals surface area contributed by atoms with Gasteiger partial charge in [0.05, 0.1) is 17.7 Å². The number of Topliss-reactive ketones (excluding diaryl/α,β-unsaturated/α-hetero) is 1. The maximum Gasteiger partial charge on any atom is 0.248 e. The van der Waals surface area contributed by atoms with Crippen molar-refractivity contribution >= 4 is 11.7 Å². The first-order valence-corrected chi connectivity index (χ1v) is 9.27. The van der Waals surface area contributed by atoms with Gasteiger partial charge in [-0.15, -0.1) is 0 Å². The molecular formula is C23H17N3O4. The Hall–Kier alpha value is -4.18. The highest BCUT2D eigenvalue weighted by atomic mass is 16.5. The van der Waals surface area contributed by atoms with Gasteiger partial charge in [-0.25, -0.2) is 0 Å². The van der Waals surface area contributed by atoms with E-state index in [2.05, 4.69) is 11.1 Å². The molecule has 1 atom stereocenters. The summed E-state index contributed by atoms with van der Waals surface area (Å²) in [7, 11) is 0. The minimum Gasteiger partial charge on any atom is -0.492 e. The standard InChI is InChI=1S/C23H17N3O4/c24-13-17-11-18(12-20-21(17)19(27)7-10-29-20)30-22(15-5-8-26-9-6-15)14-1-3-16(4-2-14)23(25)28/h1-6,8-9,11-12,22H,7,10H2,(H2,25,28). The van der Waals surface area contributed by atoms with Crippen molar-refractivity contribution in [3.8, 4) is 17.6 Å². The fourth-order valence-corrected chi connectivity index (χ4v) is 3.35. The molecule has 1 amide bonds. The summed E-state index contributed by atoms with van der Waals surface area (Å²) in [6.07, 6.45) is 3.00. The van der Waals surface area contributed by atoms with Crippen molar-refractivity contribution in [3.63, 3.8) is 0 Å². The van der Waals surface area contributed by atoms with Crippen LogP contribution in [0, 0.1) is 11.3 Å². The molecule has 2 N–H and O–H groups in total. The Morgan fingerprint density at radius 2 is 1.83 bits per heavy atom. The van der Waals surface area contributed by atoms with Gasteiger partial charge in [0.1, 0.15) is 23.7 Å². The minimum absolute atomic E-state index is 0.118. The Labute approximate surface area is 172 Å². The van der Waals surface area contributed by atoms with Crippen LogP contribution in [0.5, 0.6) is 11.5 Å². The van der Waals surface area contributed by atoms with Crippen LogP contribution in [0.25, 0.3) is 0 Å². The molecule has 0 saturated carbocycles. The van der Waals surface area contributed by atoms with E-state index in [0.29, 0.717) is 22.6 Å². The quantitative estimate of drug-likeness (QED) is 0.704. The fraction of sp³-hybridized carbons (Fsp3) is 0.130. The third kappa shape index (κ3) is 3.71. The van der Waals surface area contributed by atoms with Gasteiger partial charge >= 0.3 is 0 Å². The van der Waals surface area contributed by atoms with Crippen LogP contribution in [-0.4, -0.2) is 23.3 Å². The van der Waals surface area contributed by atoms with Crippen molar-refractivity contribution in [1.82, 2.24) is 4.98 Å². The second-order valence-electron chi connectivity index (χ2n) is 6.74. The number of aromatic nitrogens is 1. The Morgan fingerprint density at radius 1 is 1.13 bits per heavy atom. The van der Waals surface area contributed by atoms with Gasteiger partial charge in [-0.1, -0.05) is 12.1 Å². The first-order chi connectivity index (χ1) is 14.6. The smallest absolute Gasteiger partial charge is 0.248 e. The number of amides is 1. The summed E-state index contributed by atoms with van der Waals surface area (Å²) in [4.78, 5) is 27.6. The monoisotopic (exact) mass is 399 g/mol. The number of nitriles is 1. The molecule has 148 valence electrons. The molecule has 0 spiro atoms.